The lowest BCUT2D eigenvalue weighted by molar-refractivity contribution is 0.415. The Labute approximate surface area is 137 Å². The Morgan fingerprint density at radius 2 is 1.71 bits per heavy atom. The van der Waals surface area contributed by atoms with Crippen molar-refractivity contribution in [2.75, 3.05) is 0 Å². The van der Waals surface area contributed by atoms with Crippen LogP contribution in [0, 0.1) is 11.8 Å². The van der Waals surface area contributed by atoms with Crippen molar-refractivity contribution >= 4 is 11.3 Å². The van der Waals surface area contributed by atoms with E-state index in [-0.39, 0.29) is 0 Å². The second-order valence-corrected chi connectivity index (χ2v) is 8.12. The van der Waals surface area contributed by atoms with Gasteiger partial charge >= 0.3 is 0 Å². The van der Waals surface area contributed by atoms with E-state index in [1.54, 1.807) is 11.1 Å². The molecular weight excluding hydrogens is 272 g/mol. The van der Waals surface area contributed by atoms with Gasteiger partial charge < -0.3 is 0 Å². The lowest BCUT2D eigenvalue weighted by atomic mass is 9.89. The SMILES string of the molecule is CCCCCCC(C)c1cscc1CCC(C)CC(C)C. The third-order valence-electron chi connectivity index (χ3n) is 4.58. The van der Waals surface area contributed by atoms with Crippen molar-refractivity contribution in [1.82, 2.24) is 0 Å². The van der Waals surface area contributed by atoms with E-state index in [4.69, 9.17) is 0 Å². The second kappa shape index (κ2) is 10.4. The monoisotopic (exact) mass is 308 g/mol. The van der Waals surface area contributed by atoms with E-state index in [1.807, 2.05) is 11.3 Å². The first-order chi connectivity index (χ1) is 10.0. The van der Waals surface area contributed by atoms with Gasteiger partial charge in [0.2, 0.25) is 0 Å². The highest BCUT2D eigenvalue weighted by Gasteiger charge is 2.13. The molecule has 0 aliphatic rings. The van der Waals surface area contributed by atoms with Crippen LogP contribution in [0.1, 0.15) is 96.6 Å². The summed E-state index contributed by atoms with van der Waals surface area (Å²) in [7, 11) is 0. The Morgan fingerprint density at radius 1 is 0.952 bits per heavy atom. The molecule has 1 aromatic heterocycles. The van der Waals surface area contributed by atoms with E-state index in [2.05, 4.69) is 45.4 Å². The first-order valence-electron chi connectivity index (χ1n) is 9.09. The molecule has 0 fully saturated rings. The summed E-state index contributed by atoms with van der Waals surface area (Å²) >= 11 is 1.90. The molecule has 0 bridgehead atoms. The summed E-state index contributed by atoms with van der Waals surface area (Å²) in [6.45, 7) is 11.8. The predicted molar refractivity (Wildman–Crippen MR) is 98.4 cm³/mol. The van der Waals surface area contributed by atoms with Crippen molar-refractivity contribution < 1.29 is 0 Å². The minimum Gasteiger partial charge on any atom is -0.152 e. The number of unbranched alkanes of at least 4 members (excludes halogenated alkanes) is 3. The average molecular weight is 309 g/mol. The summed E-state index contributed by atoms with van der Waals surface area (Å²) in [5, 5.41) is 4.81. The summed E-state index contributed by atoms with van der Waals surface area (Å²) < 4.78 is 0. The van der Waals surface area contributed by atoms with Crippen LogP contribution < -0.4 is 0 Å². The van der Waals surface area contributed by atoms with E-state index < -0.39 is 0 Å². The van der Waals surface area contributed by atoms with E-state index in [9.17, 15) is 0 Å². The zero-order chi connectivity index (χ0) is 15.7. The molecule has 1 aromatic rings. The van der Waals surface area contributed by atoms with Crippen LogP contribution in [0.25, 0.3) is 0 Å². The molecule has 0 aliphatic heterocycles. The van der Waals surface area contributed by atoms with Gasteiger partial charge in [-0.25, -0.2) is 0 Å². The van der Waals surface area contributed by atoms with Crippen LogP contribution in [0.4, 0.5) is 0 Å². The molecule has 0 saturated carbocycles. The second-order valence-electron chi connectivity index (χ2n) is 7.38. The zero-order valence-corrected chi connectivity index (χ0v) is 15.8. The molecule has 122 valence electrons. The Hall–Kier alpha value is -0.300. The maximum atomic E-state index is 2.43. The van der Waals surface area contributed by atoms with Gasteiger partial charge in [-0.15, -0.1) is 0 Å². The minimum atomic E-state index is 0.753. The molecule has 1 rings (SSSR count). The van der Waals surface area contributed by atoms with Crippen LogP contribution in [0.5, 0.6) is 0 Å². The fourth-order valence-electron chi connectivity index (χ4n) is 3.33. The standard InChI is InChI=1S/C20H36S/c1-6-7-8-9-10-18(5)20-15-21-14-19(20)12-11-17(4)13-16(2)3/h14-18H,6-13H2,1-5H3. The number of hydrogen-bond acceptors (Lipinski definition) is 1. The van der Waals surface area contributed by atoms with Gasteiger partial charge in [-0.2, -0.15) is 11.3 Å². The van der Waals surface area contributed by atoms with Crippen LogP contribution >= 0.6 is 11.3 Å². The number of hydrogen-bond donors (Lipinski definition) is 0. The molecule has 2 unspecified atom stereocenters. The lowest BCUT2D eigenvalue weighted by Crippen LogP contribution is -2.03. The summed E-state index contributed by atoms with van der Waals surface area (Å²) in [6.07, 6.45) is 10.9. The maximum Gasteiger partial charge on any atom is -0.00557 e. The smallest absolute Gasteiger partial charge is 0.00557 e. The third kappa shape index (κ3) is 7.49. The Kier molecular flexibility index (Phi) is 9.31. The molecule has 21 heavy (non-hydrogen) atoms. The van der Waals surface area contributed by atoms with Crippen LogP contribution in [-0.4, -0.2) is 0 Å². The molecular formula is C20H36S. The van der Waals surface area contributed by atoms with E-state index in [1.165, 1.54) is 51.4 Å². The van der Waals surface area contributed by atoms with Crippen molar-refractivity contribution in [2.24, 2.45) is 11.8 Å². The van der Waals surface area contributed by atoms with Gasteiger partial charge in [-0.1, -0.05) is 60.3 Å². The van der Waals surface area contributed by atoms with Crippen LogP contribution in [-0.2, 0) is 6.42 Å². The van der Waals surface area contributed by atoms with Crippen molar-refractivity contribution in [3.8, 4) is 0 Å². The third-order valence-corrected chi connectivity index (χ3v) is 5.39. The fourth-order valence-corrected chi connectivity index (χ4v) is 4.34. The van der Waals surface area contributed by atoms with E-state index in [0.717, 1.165) is 17.8 Å². The van der Waals surface area contributed by atoms with Crippen molar-refractivity contribution in [1.29, 1.82) is 0 Å². The molecule has 0 radical (unpaired) electrons. The van der Waals surface area contributed by atoms with Gasteiger partial charge in [0.1, 0.15) is 0 Å². The van der Waals surface area contributed by atoms with Gasteiger partial charge in [0, 0.05) is 0 Å². The topological polar surface area (TPSA) is 0 Å². The molecule has 0 aromatic carbocycles. The maximum absolute atomic E-state index is 2.43. The van der Waals surface area contributed by atoms with Gasteiger partial charge in [0.05, 0.1) is 0 Å². The largest absolute Gasteiger partial charge is 0.152 e. The molecule has 0 nitrogen and oxygen atoms in total. The van der Waals surface area contributed by atoms with Gasteiger partial charge in [-0.05, 0) is 65.3 Å². The first kappa shape index (κ1) is 18.7. The number of aryl methyl sites for hydroxylation is 1. The average Bonchev–Trinajstić information content (AvgIpc) is 2.89. The minimum absolute atomic E-state index is 0.753. The number of rotatable bonds is 11. The summed E-state index contributed by atoms with van der Waals surface area (Å²) in [4.78, 5) is 0. The summed E-state index contributed by atoms with van der Waals surface area (Å²) in [5.41, 5.74) is 3.28. The highest BCUT2D eigenvalue weighted by Crippen LogP contribution is 2.30. The van der Waals surface area contributed by atoms with E-state index in [0.29, 0.717) is 0 Å². The molecule has 0 saturated heterocycles. The predicted octanol–water partition coefficient (Wildman–Crippen LogP) is 7.44. The molecule has 0 amide bonds. The molecule has 0 aliphatic carbocycles. The molecule has 0 spiro atoms. The van der Waals surface area contributed by atoms with E-state index >= 15 is 0 Å². The quantitative estimate of drug-likeness (QED) is 0.373. The van der Waals surface area contributed by atoms with Crippen molar-refractivity contribution in [2.45, 2.75) is 91.9 Å². The van der Waals surface area contributed by atoms with Crippen LogP contribution in [0.2, 0.25) is 0 Å². The Bertz CT molecular complexity index is 364. The molecule has 1 heteroatoms. The van der Waals surface area contributed by atoms with Crippen LogP contribution in [0.15, 0.2) is 10.8 Å². The zero-order valence-electron chi connectivity index (χ0n) is 15.0. The van der Waals surface area contributed by atoms with Gasteiger partial charge in [-0.3, -0.25) is 0 Å². The molecule has 2 atom stereocenters. The normalized spacial score (nSPS) is 14.6. The van der Waals surface area contributed by atoms with Crippen LogP contribution in [0.3, 0.4) is 0 Å². The Balaban J connectivity index is 2.41. The first-order valence-corrected chi connectivity index (χ1v) is 10.0. The van der Waals surface area contributed by atoms with Gasteiger partial charge in [0.15, 0.2) is 0 Å². The van der Waals surface area contributed by atoms with Crippen molar-refractivity contribution in [3.63, 3.8) is 0 Å². The lowest BCUT2D eigenvalue weighted by Gasteiger charge is -2.16. The van der Waals surface area contributed by atoms with Gasteiger partial charge in [0.25, 0.3) is 0 Å². The highest BCUT2D eigenvalue weighted by molar-refractivity contribution is 7.08. The van der Waals surface area contributed by atoms with Crippen molar-refractivity contribution in [3.05, 3.63) is 21.9 Å². The fraction of sp³-hybridized carbons (Fsp3) is 0.800. The number of thiophene rings is 1. The molecule has 0 N–H and O–H groups in total. The highest BCUT2D eigenvalue weighted by atomic mass is 32.1. The molecule has 1 heterocycles. The summed E-state index contributed by atoms with van der Waals surface area (Å²) in [6, 6.07) is 0. The summed E-state index contributed by atoms with van der Waals surface area (Å²) in [5.74, 6) is 2.44. The Morgan fingerprint density at radius 3 is 2.38 bits per heavy atom.